The normalized spacial score (nSPS) is 9.50. The van der Waals surface area contributed by atoms with Gasteiger partial charge in [0.1, 0.15) is 0 Å². The molecule has 0 aliphatic rings. The van der Waals surface area contributed by atoms with Crippen molar-refractivity contribution in [3.8, 4) is 0 Å². The summed E-state index contributed by atoms with van der Waals surface area (Å²) in [6.07, 6.45) is 6.50. The minimum absolute atomic E-state index is 1.12. The Bertz CT molecular complexity index is 141. The first kappa shape index (κ1) is 15.7. The van der Waals surface area contributed by atoms with Gasteiger partial charge in [-0.3, -0.25) is 0 Å². The molecule has 84 valence electrons. The van der Waals surface area contributed by atoms with Crippen molar-refractivity contribution in [2.24, 2.45) is 0 Å². The minimum atomic E-state index is 1.12. The Morgan fingerprint density at radius 1 is 1.14 bits per heavy atom. The predicted octanol–water partition coefficient (Wildman–Crippen LogP) is 4.22. The highest BCUT2D eigenvalue weighted by atomic mass is 15.1. The standard InChI is InChI=1S/C11H21N.C2H6/c1-5-8-11(4)12(9-6-2)10-7-3;1-2/h5,8H,4,6-7,9-10H2,1-3H3;1-2H3/b8-5-;. The molecule has 0 rings (SSSR count). The van der Waals surface area contributed by atoms with Crippen molar-refractivity contribution >= 4 is 0 Å². The fourth-order valence-corrected chi connectivity index (χ4v) is 1.24. The highest BCUT2D eigenvalue weighted by Crippen LogP contribution is 2.05. The lowest BCUT2D eigenvalue weighted by Gasteiger charge is -2.23. The molecule has 0 unspecified atom stereocenters. The van der Waals surface area contributed by atoms with E-state index in [9.17, 15) is 0 Å². The Hall–Kier alpha value is -0.720. The van der Waals surface area contributed by atoms with Gasteiger partial charge in [-0.05, 0) is 25.8 Å². The second kappa shape index (κ2) is 12.3. The SMILES string of the molecule is C=C(/C=C\C)N(CCC)CCC.CC. The Morgan fingerprint density at radius 3 is 1.86 bits per heavy atom. The van der Waals surface area contributed by atoms with Crippen LogP contribution in [0.5, 0.6) is 0 Å². The molecule has 0 aromatic carbocycles. The highest BCUT2D eigenvalue weighted by molar-refractivity contribution is 5.12. The Morgan fingerprint density at radius 2 is 1.57 bits per heavy atom. The van der Waals surface area contributed by atoms with Crippen LogP contribution in [0.3, 0.4) is 0 Å². The van der Waals surface area contributed by atoms with E-state index in [-0.39, 0.29) is 0 Å². The van der Waals surface area contributed by atoms with E-state index in [1.54, 1.807) is 0 Å². The van der Waals surface area contributed by atoms with Crippen LogP contribution in [-0.2, 0) is 0 Å². The van der Waals surface area contributed by atoms with Gasteiger partial charge in [0.25, 0.3) is 0 Å². The lowest BCUT2D eigenvalue weighted by atomic mass is 10.3. The third kappa shape index (κ3) is 7.90. The molecular formula is C13H27N. The second-order valence-electron chi connectivity index (χ2n) is 2.98. The number of rotatable bonds is 6. The molecule has 0 fully saturated rings. The van der Waals surface area contributed by atoms with E-state index in [2.05, 4.69) is 31.4 Å². The molecule has 0 saturated heterocycles. The van der Waals surface area contributed by atoms with Crippen molar-refractivity contribution in [1.82, 2.24) is 4.90 Å². The Kier molecular flexibility index (Phi) is 13.8. The van der Waals surface area contributed by atoms with Crippen molar-refractivity contribution in [1.29, 1.82) is 0 Å². The Labute approximate surface area is 90.5 Å². The van der Waals surface area contributed by atoms with Gasteiger partial charge in [0.15, 0.2) is 0 Å². The molecule has 0 amide bonds. The quantitative estimate of drug-likeness (QED) is 0.576. The monoisotopic (exact) mass is 197 g/mol. The van der Waals surface area contributed by atoms with Crippen LogP contribution in [0.2, 0.25) is 0 Å². The zero-order chi connectivity index (χ0) is 11.4. The van der Waals surface area contributed by atoms with Gasteiger partial charge in [-0.1, -0.05) is 40.3 Å². The molecule has 0 radical (unpaired) electrons. The average molecular weight is 197 g/mol. The fourth-order valence-electron chi connectivity index (χ4n) is 1.24. The molecule has 0 heterocycles. The molecule has 0 spiro atoms. The molecule has 0 aliphatic carbocycles. The Balaban J connectivity index is 0. The zero-order valence-electron chi connectivity index (χ0n) is 10.6. The number of hydrogen-bond donors (Lipinski definition) is 0. The molecule has 0 bridgehead atoms. The van der Waals surface area contributed by atoms with E-state index >= 15 is 0 Å². The van der Waals surface area contributed by atoms with Crippen molar-refractivity contribution in [3.63, 3.8) is 0 Å². The molecule has 0 aromatic heterocycles. The minimum Gasteiger partial charge on any atom is -0.372 e. The molecule has 14 heavy (non-hydrogen) atoms. The summed E-state index contributed by atoms with van der Waals surface area (Å²) in [6, 6.07) is 0. The smallest absolute Gasteiger partial charge is 0.0289 e. The van der Waals surface area contributed by atoms with Gasteiger partial charge in [0.2, 0.25) is 0 Å². The van der Waals surface area contributed by atoms with Crippen LogP contribution < -0.4 is 0 Å². The lowest BCUT2D eigenvalue weighted by Crippen LogP contribution is -2.23. The molecule has 0 saturated carbocycles. The number of nitrogens with zero attached hydrogens (tertiary/aromatic N) is 1. The van der Waals surface area contributed by atoms with Gasteiger partial charge < -0.3 is 4.90 Å². The zero-order valence-corrected chi connectivity index (χ0v) is 10.6. The van der Waals surface area contributed by atoms with Gasteiger partial charge >= 0.3 is 0 Å². The van der Waals surface area contributed by atoms with E-state index in [0.717, 1.165) is 18.8 Å². The molecule has 1 nitrogen and oxygen atoms in total. The summed E-state index contributed by atoms with van der Waals surface area (Å²) in [4.78, 5) is 2.33. The molecular weight excluding hydrogens is 170 g/mol. The number of hydrogen-bond acceptors (Lipinski definition) is 1. The molecule has 0 atom stereocenters. The third-order valence-corrected chi connectivity index (χ3v) is 1.75. The first-order valence-corrected chi connectivity index (χ1v) is 5.82. The van der Waals surface area contributed by atoms with Crippen molar-refractivity contribution in [2.45, 2.75) is 47.5 Å². The van der Waals surface area contributed by atoms with Crippen LogP contribution in [0.1, 0.15) is 47.5 Å². The van der Waals surface area contributed by atoms with Crippen molar-refractivity contribution in [3.05, 3.63) is 24.4 Å². The predicted molar refractivity (Wildman–Crippen MR) is 67.5 cm³/mol. The first-order chi connectivity index (χ1) is 6.76. The summed E-state index contributed by atoms with van der Waals surface area (Å²) in [5.41, 5.74) is 1.14. The second-order valence-corrected chi connectivity index (χ2v) is 2.98. The van der Waals surface area contributed by atoms with Gasteiger partial charge in [-0.25, -0.2) is 0 Å². The van der Waals surface area contributed by atoms with E-state index < -0.39 is 0 Å². The number of allylic oxidation sites excluding steroid dienone is 2. The van der Waals surface area contributed by atoms with Crippen LogP contribution in [0.25, 0.3) is 0 Å². The maximum atomic E-state index is 4.02. The maximum Gasteiger partial charge on any atom is 0.0289 e. The van der Waals surface area contributed by atoms with Crippen LogP contribution in [0.15, 0.2) is 24.4 Å². The van der Waals surface area contributed by atoms with Crippen LogP contribution in [0.4, 0.5) is 0 Å². The summed E-state index contributed by atoms with van der Waals surface area (Å²) >= 11 is 0. The van der Waals surface area contributed by atoms with Gasteiger partial charge in [-0.2, -0.15) is 0 Å². The van der Waals surface area contributed by atoms with Crippen LogP contribution >= 0.6 is 0 Å². The summed E-state index contributed by atoms with van der Waals surface area (Å²) in [5, 5.41) is 0. The van der Waals surface area contributed by atoms with E-state index in [4.69, 9.17) is 0 Å². The van der Waals surface area contributed by atoms with Crippen LogP contribution in [0, 0.1) is 0 Å². The van der Waals surface area contributed by atoms with E-state index in [1.807, 2.05) is 26.8 Å². The average Bonchev–Trinajstić information content (AvgIpc) is 2.21. The summed E-state index contributed by atoms with van der Waals surface area (Å²) in [6.45, 7) is 16.7. The molecule has 0 aromatic rings. The third-order valence-electron chi connectivity index (χ3n) is 1.75. The largest absolute Gasteiger partial charge is 0.372 e. The molecule has 0 N–H and O–H groups in total. The first-order valence-electron chi connectivity index (χ1n) is 5.82. The topological polar surface area (TPSA) is 3.24 Å². The lowest BCUT2D eigenvalue weighted by molar-refractivity contribution is 0.356. The van der Waals surface area contributed by atoms with Gasteiger partial charge in [-0.15, -0.1) is 0 Å². The van der Waals surface area contributed by atoms with Crippen molar-refractivity contribution in [2.75, 3.05) is 13.1 Å². The van der Waals surface area contributed by atoms with Crippen LogP contribution in [-0.4, -0.2) is 18.0 Å². The highest BCUT2D eigenvalue weighted by Gasteiger charge is 2.00. The molecule has 1 heteroatoms. The van der Waals surface area contributed by atoms with E-state index in [1.165, 1.54) is 12.8 Å². The maximum absolute atomic E-state index is 4.02. The summed E-state index contributed by atoms with van der Waals surface area (Å²) < 4.78 is 0. The van der Waals surface area contributed by atoms with Crippen molar-refractivity contribution < 1.29 is 0 Å². The summed E-state index contributed by atoms with van der Waals surface area (Å²) in [5.74, 6) is 0. The molecule has 0 aliphatic heterocycles. The van der Waals surface area contributed by atoms with E-state index in [0.29, 0.717) is 0 Å². The van der Waals surface area contributed by atoms with Gasteiger partial charge in [0, 0.05) is 18.8 Å². The summed E-state index contributed by atoms with van der Waals surface area (Å²) in [7, 11) is 0. The fraction of sp³-hybridized carbons (Fsp3) is 0.692. The van der Waals surface area contributed by atoms with Gasteiger partial charge in [0.05, 0.1) is 0 Å².